The third-order valence-electron chi connectivity index (χ3n) is 2.82. The van der Waals surface area contributed by atoms with Gasteiger partial charge in [0.2, 0.25) is 0 Å². The number of carbonyl (C=O) groups is 2. The number of hydrogen-bond acceptors (Lipinski definition) is 6. The molecule has 0 saturated heterocycles. The molecule has 1 amide bonds. The van der Waals surface area contributed by atoms with E-state index in [1.165, 1.54) is 19.2 Å². The number of benzene rings is 1. The van der Waals surface area contributed by atoms with E-state index in [-0.39, 0.29) is 22.3 Å². The molecular weight excluding hydrogens is 308 g/mol. The average molecular weight is 320 g/mol. The van der Waals surface area contributed by atoms with Crippen molar-refractivity contribution in [3.05, 3.63) is 62.5 Å². The number of esters is 1. The zero-order chi connectivity index (χ0) is 16.1. The predicted molar refractivity (Wildman–Crippen MR) is 79.9 cm³/mol. The molecular formula is C14H12N2O5S. The van der Waals surface area contributed by atoms with Gasteiger partial charge in [0.1, 0.15) is 0 Å². The molecule has 8 heteroatoms. The van der Waals surface area contributed by atoms with Crippen molar-refractivity contribution in [1.82, 2.24) is 5.32 Å². The van der Waals surface area contributed by atoms with Gasteiger partial charge in [-0.05, 0) is 23.8 Å². The Morgan fingerprint density at radius 1 is 1.23 bits per heavy atom. The molecule has 7 nitrogen and oxygen atoms in total. The van der Waals surface area contributed by atoms with E-state index in [4.69, 9.17) is 0 Å². The van der Waals surface area contributed by atoms with E-state index in [0.717, 1.165) is 16.9 Å². The Morgan fingerprint density at radius 3 is 2.45 bits per heavy atom. The fourth-order valence-corrected chi connectivity index (χ4v) is 2.43. The second-order valence-electron chi connectivity index (χ2n) is 4.27. The number of carbonyl (C=O) groups excluding carboxylic acids is 2. The highest BCUT2D eigenvalue weighted by atomic mass is 32.1. The zero-order valence-corrected chi connectivity index (χ0v) is 12.4. The van der Waals surface area contributed by atoms with Crippen molar-refractivity contribution < 1.29 is 19.2 Å². The van der Waals surface area contributed by atoms with Crippen LogP contribution in [-0.4, -0.2) is 23.9 Å². The van der Waals surface area contributed by atoms with E-state index >= 15 is 0 Å². The second-order valence-corrected chi connectivity index (χ2v) is 5.33. The molecule has 2 aromatic rings. The Balaban J connectivity index is 1.95. The Bertz CT molecular complexity index is 708. The summed E-state index contributed by atoms with van der Waals surface area (Å²) in [5, 5.41) is 13.2. The third kappa shape index (κ3) is 3.67. The summed E-state index contributed by atoms with van der Waals surface area (Å²) in [6, 6.07) is 9.31. The molecule has 0 spiro atoms. The lowest BCUT2D eigenvalue weighted by molar-refractivity contribution is -0.380. The van der Waals surface area contributed by atoms with E-state index in [0.29, 0.717) is 5.56 Å². The summed E-state index contributed by atoms with van der Waals surface area (Å²) in [4.78, 5) is 33.5. The highest BCUT2D eigenvalue weighted by molar-refractivity contribution is 7.17. The summed E-state index contributed by atoms with van der Waals surface area (Å²) in [5.41, 5.74) is 1.22. The summed E-state index contributed by atoms with van der Waals surface area (Å²) in [6.07, 6.45) is 0. The Kier molecular flexibility index (Phi) is 4.84. The number of nitrogens with one attached hydrogen (secondary N) is 1. The number of amides is 1. The molecule has 0 aliphatic rings. The lowest BCUT2D eigenvalue weighted by Crippen LogP contribution is -2.21. The molecule has 0 unspecified atom stereocenters. The normalized spacial score (nSPS) is 10.0. The maximum absolute atomic E-state index is 11.9. The van der Waals surface area contributed by atoms with Crippen LogP contribution in [0.15, 0.2) is 36.4 Å². The van der Waals surface area contributed by atoms with Crippen molar-refractivity contribution in [2.45, 2.75) is 6.54 Å². The van der Waals surface area contributed by atoms with Crippen LogP contribution in [0.1, 0.15) is 25.6 Å². The summed E-state index contributed by atoms with van der Waals surface area (Å²) < 4.78 is 4.59. The third-order valence-corrected chi connectivity index (χ3v) is 3.86. The smallest absolute Gasteiger partial charge is 0.337 e. The van der Waals surface area contributed by atoms with Gasteiger partial charge in [0.25, 0.3) is 5.91 Å². The van der Waals surface area contributed by atoms with Gasteiger partial charge in [0.05, 0.1) is 22.5 Å². The number of rotatable bonds is 5. The average Bonchev–Trinajstić information content (AvgIpc) is 3.02. The van der Waals surface area contributed by atoms with Gasteiger partial charge in [-0.1, -0.05) is 23.5 Å². The first-order chi connectivity index (χ1) is 10.5. The van der Waals surface area contributed by atoms with Crippen molar-refractivity contribution in [2.75, 3.05) is 7.11 Å². The summed E-state index contributed by atoms with van der Waals surface area (Å²) in [6.45, 7) is 0.256. The minimum Gasteiger partial charge on any atom is -0.465 e. The van der Waals surface area contributed by atoms with Crippen molar-refractivity contribution in [1.29, 1.82) is 0 Å². The van der Waals surface area contributed by atoms with Crippen molar-refractivity contribution in [2.24, 2.45) is 0 Å². The van der Waals surface area contributed by atoms with Crippen LogP contribution in [-0.2, 0) is 11.3 Å². The molecule has 0 fully saturated rings. The lowest BCUT2D eigenvalue weighted by atomic mass is 10.1. The molecule has 1 heterocycles. The fraction of sp³-hybridized carbons (Fsp3) is 0.143. The highest BCUT2D eigenvalue weighted by Gasteiger charge is 2.15. The van der Waals surface area contributed by atoms with Gasteiger partial charge >= 0.3 is 11.0 Å². The van der Waals surface area contributed by atoms with E-state index < -0.39 is 10.9 Å². The van der Waals surface area contributed by atoms with E-state index in [1.807, 2.05) is 0 Å². The molecule has 1 aromatic carbocycles. The van der Waals surface area contributed by atoms with Gasteiger partial charge in [-0.15, -0.1) is 0 Å². The van der Waals surface area contributed by atoms with Gasteiger partial charge in [-0.3, -0.25) is 14.9 Å². The second kappa shape index (κ2) is 6.81. The minimum absolute atomic E-state index is 0.0763. The molecule has 0 saturated carbocycles. The molecule has 22 heavy (non-hydrogen) atoms. The van der Waals surface area contributed by atoms with Crippen LogP contribution < -0.4 is 5.32 Å². The molecule has 0 aliphatic carbocycles. The van der Waals surface area contributed by atoms with Crippen LogP contribution in [0.25, 0.3) is 0 Å². The lowest BCUT2D eigenvalue weighted by Gasteiger charge is -2.05. The van der Waals surface area contributed by atoms with Gasteiger partial charge in [0.15, 0.2) is 0 Å². The maximum Gasteiger partial charge on any atom is 0.337 e. The monoisotopic (exact) mass is 320 g/mol. The van der Waals surface area contributed by atoms with E-state index in [1.54, 1.807) is 24.3 Å². The first kappa shape index (κ1) is 15.6. The molecule has 1 aromatic heterocycles. The summed E-state index contributed by atoms with van der Waals surface area (Å²) in [5.74, 6) is -0.809. The Labute approximate surface area is 129 Å². The Hall–Kier alpha value is -2.74. The molecule has 0 bridgehead atoms. The van der Waals surface area contributed by atoms with Crippen LogP contribution in [0.2, 0.25) is 0 Å². The first-order valence-corrected chi connectivity index (χ1v) is 7.02. The number of methoxy groups -OCH3 is 1. The van der Waals surface area contributed by atoms with Crippen LogP contribution in [0.3, 0.4) is 0 Å². The highest BCUT2D eigenvalue weighted by Crippen LogP contribution is 2.23. The van der Waals surface area contributed by atoms with Crippen LogP contribution in [0.4, 0.5) is 5.00 Å². The Morgan fingerprint density at radius 2 is 1.91 bits per heavy atom. The fourth-order valence-electron chi connectivity index (χ4n) is 1.69. The number of nitro groups is 1. The van der Waals surface area contributed by atoms with Gasteiger partial charge in [-0.25, -0.2) is 4.79 Å². The minimum atomic E-state index is -0.535. The maximum atomic E-state index is 11.9. The SMILES string of the molecule is COC(=O)c1ccc(CNC(=O)c2ccc([N+](=O)[O-])s2)cc1. The largest absolute Gasteiger partial charge is 0.465 e. The van der Waals surface area contributed by atoms with Gasteiger partial charge in [0, 0.05) is 12.6 Å². The van der Waals surface area contributed by atoms with Crippen molar-refractivity contribution >= 4 is 28.2 Å². The quantitative estimate of drug-likeness (QED) is 0.518. The van der Waals surface area contributed by atoms with Crippen LogP contribution >= 0.6 is 11.3 Å². The van der Waals surface area contributed by atoms with E-state index in [2.05, 4.69) is 10.1 Å². The van der Waals surface area contributed by atoms with E-state index in [9.17, 15) is 19.7 Å². The number of nitrogens with zero attached hydrogens (tertiary/aromatic N) is 1. The van der Waals surface area contributed by atoms with Crippen molar-refractivity contribution in [3.8, 4) is 0 Å². The molecule has 2 rings (SSSR count). The standard InChI is InChI=1S/C14H12N2O5S/c1-21-14(18)10-4-2-9(3-5-10)8-15-13(17)11-6-7-12(22-11)16(19)20/h2-7H,8H2,1H3,(H,15,17). The zero-order valence-electron chi connectivity index (χ0n) is 11.6. The number of ether oxygens (including phenoxy) is 1. The van der Waals surface area contributed by atoms with Crippen LogP contribution in [0.5, 0.6) is 0 Å². The van der Waals surface area contributed by atoms with Gasteiger partial charge < -0.3 is 10.1 Å². The van der Waals surface area contributed by atoms with Gasteiger partial charge in [-0.2, -0.15) is 0 Å². The molecule has 114 valence electrons. The molecule has 0 aliphatic heterocycles. The molecule has 1 N–H and O–H groups in total. The van der Waals surface area contributed by atoms with Crippen LogP contribution in [0, 0.1) is 10.1 Å². The summed E-state index contributed by atoms with van der Waals surface area (Å²) >= 11 is 0.821. The number of hydrogen-bond donors (Lipinski definition) is 1. The number of thiophene rings is 1. The summed E-state index contributed by atoms with van der Waals surface area (Å²) in [7, 11) is 1.30. The molecule has 0 radical (unpaired) electrons. The molecule has 0 atom stereocenters. The first-order valence-electron chi connectivity index (χ1n) is 6.21. The predicted octanol–water partition coefficient (Wildman–Crippen LogP) is 2.37. The van der Waals surface area contributed by atoms with Crippen molar-refractivity contribution in [3.63, 3.8) is 0 Å². The topological polar surface area (TPSA) is 98.5 Å².